The van der Waals surface area contributed by atoms with Gasteiger partial charge in [0.25, 0.3) is 0 Å². The first kappa shape index (κ1) is 30.0. The van der Waals surface area contributed by atoms with Gasteiger partial charge in [0.1, 0.15) is 0 Å². The molecular weight excluding hydrogens is 541 g/mol. The van der Waals surface area contributed by atoms with Crippen molar-refractivity contribution in [3.8, 4) is 5.69 Å². The van der Waals surface area contributed by atoms with Crippen LogP contribution in [-0.2, 0) is 0 Å². The highest BCUT2D eigenvalue weighted by molar-refractivity contribution is 8.03. The molecule has 0 N–H and O–H groups in total. The number of nitrogens with zero attached hydrogens (tertiary/aromatic N) is 2. The van der Waals surface area contributed by atoms with Gasteiger partial charge in [-0.05, 0) is 61.4 Å². The fourth-order valence-corrected chi connectivity index (χ4v) is 6.89. The summed E-state index contributed by atoms with van der Waals surface area (Å²) in [6, 6.07) is 36.7. The molecule has 0 fully saturated rings. The Morgan fingerprint density at radius 1 is 0.814 bits per heavy atom. The second-order valence-corrected chi connectivity index (χ2v) is 11.5. The number of allylic oxidation sites excluding steroid dienone is 2. The van der Waals surface area contributed by atoms with E-state index in [0.29, 0.717) is 5.92 Å². The third kappa shape index (κ3) is 6.04. The maximum Gasteiger partial charge on any atom is 0.0550 e. The van der Waals surface area contributed by atoms with E-state index in [4.69, 9.17) is 0 Å². The smallest absolute Gasteiger partial charge is 0.0550 e. The van der Waals surface area contributed by atoms with Crippen LogP contribution in [0.15, 0.2) is 144 Å². The minimum atomic E-state index is 0.444. The quantitative estimate of drug-likeness (QED) is 0.209. The molecule has 1 unspecified atom stereocenters. The molecule has 0 amide bonds. The summed E-state index contributed by atoms with van der Waals surface area (Å²) in [5.74, 6) is 0.444. The van der Waals surface area contributed by atoms with Gasteiger partial charge in [-0.1, -0.05) is 129 Å². The van der Waals surface area contributed by atoms with E-state index in [-0.39, 0.29) is 0 Å². The zero-order valence-corrected chi connectivity index (χ0v) is 26.4. The van der Waals surface area contributed by atoms with Crippen LogP contribution in [0.4, 0.5) is 5.69 Å². The van der Waals surface area contributed by atoms with Crippen molar-refractivity contribution in [2.45, 2.75) is 38.0 Å². The van der Waals surface area contributed by atoms with E-state index in [1.165, 1.54) is 48.9 Å². The van der Waals surface area contributed by atoms with E-state index in [1.54, 1.807) is 11.8 Å². The molecule has 2 nitrogen and oxygen atoms in total. The molecular formula is C40H40N2S. The van der Waals surface area contributed by atoms with Crippen molar-refractivity contribution in [2.75, 3.05) is 11.9 Å². The maximum atomic E-state index is 3.85. The number of anilines is 1. The van der Waals surface area contributed by atoms with Crippen molar-refractivity contribution in [1.29, 1.82) is 0 Å². The Morgan fingerprint density at radius 2 is 1.49 bits per heavy atom. The van der Waals surface area contributed by atoms with Crippen molar-refractivity contribution in [3.05, 3.63) is 161 Å². The van der Waals surface area contributed by atoms with Crippen LogP contribution < -0.4 is 15.5 Å². The number of aromatic nitrogens is 1. The molecule has 0 saturated heterocycles. The van der Waals surface area contributed by atoms with Crippen molar-refractivity contribution in [1.82, 2.24) is 4.57 Å². The molecule has 4 aromatic carbocycles. The predicted molar refractivity (Wildman–Crippen MR) is 189 cm³/mol. The number of rotatable bonds is 4. The molecule has 2 heterocycles. The van der Waals surface area contributed by atoms with Crippen molar-refractivity contribution >= 4 is 40.5 Å². The first-order valence-electron chi connectivity index (χ1n) is 15.0. The standard InChI is InChI=1S/C25H21N.C13H13NS.C2H6/c1-18-12-14-24-22(16-18)23-17-20(19-8-4-2-5-9-19)13-15-25(23)26(24)21-10-6-3-7-11-21;1-4-10-12(5-2)15-13-9-7-6-8-11(13)14(10)3;1-2/h2-12,14-17,20H,13H2,1H3;4-9H,1-2H2,3H3;1-2H3. The van der Waals surface area contributed by atoms with E-state index in [0.717, 1.165) is 17.0 Å². The van der Waals surface area contributed by atoms with Crippen LogP contribution >= 0.6 is 11.8 Å². The molecule has 0 spiro atoms. The van der Waals surface area contributed by atoms with Crippen LogP contribution in [0.3, 0.4) is 0 Å². The summed E-state index contributed by atoms with van der Waals surface area (Å²) >= 11 is 1.74. The van der Waals surface area contributed by atoms with Crippen molar-refractivity contribution in [2.24, 2.45) is 0 Å². The Balaban J connectivity index is 0.000000185. The predicted octanol–water partition coefficient (Wildman–Crippen LogP) is 9.53. The van der Waals surface area contributed by atoms with Gasteiger partial charge in [-0.2, -0.15) is 0 Å². The molecule has 1 aliphatic heterocycles. The van der Waals surface area contributed by atoms with Gasteiger partial charge < -0.3 is 9.47 Å². The average Bonchev–Trinajstić information content (AvgIpc) is 3.39. The molecule has 1 aliphatic carbocycles. The van der Waals surface area contributed by atoms with Crippen LogP contribution in [0.25, 0.3) is 28.7 Å². The van der Waals surface area contributed by atoms with Crippen molar-refractivity contribution < 1.29 is 0 Å². The van der Waals surface area contributed by atoms with Gasteiger partial charge in [0.05, 0.1) is 16.9 Å². The van der Waals surface area contributed by atoms with Crippen molar-refractivity contribution in [3.63, 3.8) is 0 Å². The van der Waals surface area contributed by atoms with E-state index in [1.807, 2.05) is 26.0 Å². The molecule has 0 bridgehead atoms. The number of likely N-dealkylation sites (N-methyl/N-ethyl adjacent to an activating group) is 1. The van der Waals surface area contributed by atoms with Gasteiger partial charge in [0, 0.05) is 44.4 Å². The second-order valence-electron chi connectivity index (χ2n) is 10.4. The second kappa shape index (κ2) is 13.7. The van der Waals surface area contributed by atoms with E-state index >= 15 is 0 Å². The van der Waals surface area contributed by atoms with Gasteiger partial charge in [0.2, 0.25) is 0 Å². The molecule has 5 aromatic rings. The number of hydrogen-bond acceptors (Lipinski definition) is 2. The number of para-hydroxylation sites is 2. The zero-order valence-electron chi connectivity index (χ0n) is 25.6. The minimum absolute atomic E-state index is 0.444. The Morgan fingerprint density at radius 3 is 2.19 bits per heavy atom. The molecule has 3 heteroatoms. The van der Waals surface area contributed by atoms with E-state index in [2.05, 4.69) is 152 Å². The fourth-order valence-electron chi connectivity index (χ4n) is 5.79. The van der Waals surface area contributed by atoms with Gasteiger partial charge in [-0.3, -0.25) is 0 Å². The largest absolute Gasteiger partial charge is 0.343 e. The van der Waals surface area contributed by atoms with Crippen LogP contribution in [0, 0.1) is 6.92 Å². The summed E-state index contributed by atoms with van der Waals surface area (Å²) in [6.45, 7) is 13.9. The zero-order chi connectivity index (χ0) is 30.3. The van der Waals surface area contributed by atoms with Crippen LogP contribution in [0.1, 0.15) is 37.3 Å². The highest BCUT2D eigenvalue weighted by atomic mass is 32.2. The summed E-state index contributed by atoms with van der Waals surface area (Å²) in [6.07, 6.45) is 9.68. The molecule has 1 aromatic heterocycles. The first-order valence-corrected chi connectivity index (χ1v) is 15.8. The number of hydrogen-bond donors (Lipinski definition) is 0. The molecule has 0 saturated carbocycles. The van der Waals surface area contributed by atoms with Gasteiger partial charge in [-0.15, -0.1) is 0 Å². The summed E-state index contributed by atoms with van der Waals surface area (Å²) in [5.41, 5.74) is 7.55. The highest BCUT2D eigenvalue weighted by Crippen LogP contribution is 2.43. The molecule has 0 radical (unpaired) electrons. The van der Waals surface area contributed by atoms with Crippen LogP contribution in [0.5, 0.6) is 0 Å². The lowest BCUT2D eigenvalue weighted by molar-refractivity contribution is 0.907. The Labute approximate surface area is 260 Å². The van der Waals surface area contributed by atoms with Crippen LogP contribution in [-0.4, -0.2) is 11.6 Å². The number of fused-ring (bicyclic) bond motifs is 4. The number of thioether (sulfide) groups is 1. The maximum absolute atomic E-state index is 3.85. The highest BCUT2D eigenvalue weighted by Gasteiger charge is 2.19. The number of aryl methyl sites for hydroxylation is 1. The fraction of sp³-hybridized carbons (Fsp3) is 0.150. The summed E-state index contributed by atoms with van der Waals surface area (Å²) in [4.78, 5) is 4.57. The molecule has 1 atom stereocenters. The molecule has 7 rings (SSSR count). The average molecular weight is 581 g/mol. The lowest BCUT2D eigenvalue weighted by atomic mass is 9.91. The van der Waals surface area contributed by atoms with Gasteiger partial charge in [0.15, 0.2) is 0 Å². The molecule has 216 valence electrons. The molecule has 2 aliphatic rings. The summed E-state index contributed by atoms with van der Waals surface area (Å²) < 4.78 is 2.40. The Bertz CT molecular complexity index is 1900. The van der Waals surface area contributed by atoms with Crippen LogP contribution in [0.2, 0.25) is 0 Å². The molecule has 43 heavy (non-hydrogen) atoms. The first-order chi connectivity index (χ1) is 21.1. The topological polar surface area (TPSA) is 8.17 Å². The van der Waals surface area contributed by atoms with E-state index < -0.39 is 0 Å². The minimum Gasteiger partial charge on any atom is -0.343 e. The summed E-state index contributed by atoms with van der Waals surface area (Å²) in [7, 11) is 2.05. The lowest BCUT2D eigenvalue weighted by Gasteiger charge is -2.29. The third-order valence-electron chi connectivity index (χ3n) is 7.81. The van der Waals surface area contributed by atoms with Gasteiger partial charge in [-0.25, -0.2) is 0 Å². The number of benzene rings is 4. The van der Waals surface area contributed by atoms with E-state index in [9.17, 15) is 0 Å². The SMILES string of the molecule is C=CC1=C(C=C)N(C)c2ccccc2S1.CC.Cc1ccc2c(c1)c1c(n2-c2ccccc2)=CCC(c2ccccc2)C=1. The Kier molecular flexibility index (Phi) is 9.54. The summed E-state index contributed by atoms with van der Waals surface area (Å²) in [5, 5.41) is 4.04. The lowest BCUT2D eigenvalue weighted by Crippen LogP contribution is -2.31. The van der Waals surface area contributed by atoms with Gasteiger partial charge >= 0.3 is 0 Å². The monoisotopic (exact) mass is 580 g/mol. The third-order valence-corrected chi connectivity index (χ3v) is 8.98. The Hall–Kier alpha value is -4.47. The normalized spacial score (nSPS) is 15.0.